The van der Waals surface area contributed by atoms with E-state index in [1.54, 1.807) is 12.1 Å². The number of amides is 2. The molecule has 1 aromatic carbocycles. The minimum atomic E-state index is -0.277. The Morgan fingerprint density at radius 2 is 2.04 bits per heavy atom. The Balaban J connectivity index is 1.39. The molecule has 0 saturated heterocycles. The van der Waals surface area contributed by atoms with Gasteiger partial charge in [-0.1, -0.05) is 12.1 Å². The van der Waals surface area contributed by atoms with E-state index >= 15 is 0 Å². The molecule has 0 bridgehead atoms. The lowest BCUT2D eigenvalue weighted by Crippen LogP contribution is -2.36. The Morgan fingerprint density at radius 3 is 2.83 bits per heavy atom. The van der Waals surface area contributed by atoms with Crippen molar-refractivity contribution < 1.29 is 9.18 Å². The average Bonchev–Trinajstić information content (AvgIpc) is 2.97. The van der Waals surface area contributed by atoms with Crippen molar-refractivity contribution in [3.63, 3.8) is 0 Å². The SMILES string of the molecule is O=C(NCCc1cn2c(n1)CCCC2)NCc1ccc(F)cc1. The highest BCUT2D eigenvalue weighted by molar-refractivity contribution is 5.73. The molecular formula is C17H21FN4O. The van der Waals surface area contributed by atoms with Gasteiger partial charge in [0.05, 0.1) is 5.69 Å². The van der Waals surface area contributed by atoms with Crippen molar-refractivity contribution in [1.82, 2.24) is 20.2 Å². The molecule has 1 aromatic heterocycles. The number of nitrogens with one attached hydrogen (secondary N) is 2. The van der Waals surface area contributed by atoms with Gasteiger partial charge in [-0.25, -0.2) is 14.2 Å². The van der Waals surface area contributed by atoms with Crippen molar-refractivity contribution in [3.05, 3.63) is 53.4 Å². The monoisotopic (exact) mass is 316 g/mol. The zero-order valence-corrected chi connectivity index (χ0v) is 13.0. The summed E-state index contributed by atoms with van der Waals surface area (Å²) < 4.78 is 15.0. The van der Waals surface area contributed by atoms with Crippen LogP contribution in [-0.4, -0.2) is 22.1 Å². The second-order valence-corrected chi connectivity index (χ2v) is 5.78. The van der Waals surface area contributed by atoms with Gasteiger partial charge >= 0.3 is 6.03 Å². The largest absolute Gasteiger partial charge is 0.338 e. The number of hydrogen-bond donors (Lipinski definition) is 2. The maximum Gasteiger partial charge on any atom is 0.315 e. The second kappa shape index (κ2) is 7.26. The number of hydrogen-bond acceptors (Lipinski definition) is 2. The van der Waals surface area contributed by atoms with E-state index in [0.29, 0.717) is 13.1 Å². The van der Waals surface area contributed by atoms with Gasteiger partial charge in [-0.2, -0.15) is 0 Å². The van der Waals surface area contributed by atoms with Crippen LogP contribution in [0.2, 0.25) is 0 Å². The van der Waals surface area contributed by atoms with E-state index in [2.05, 4.69) is 26.4 Å². The minimum absolute atomic E-state index is 0.224. The molecule has 2 N–H and O–H groups in total. The van der Waals surface area contributed by atoms with E-state index in [1.807, 2.05) is 0 Å². The highest BCUT2D eigenvalue weighted by atomic mass is 19.1. The average molecular weight is 316 g/mol. The number of carbonyl (C=O) groups is 1. The molecule has 0 fully saturated rings. The molecule has 1 aliphatic heterocycles. The molecule has 2 heterocycles. The van der Waals surface area contributed by atoms with Crippen LogP contribution < -0.4 is 10.6 Å². The fraction of sp³-hybridized carbons (Fsp3) is 0.412. The number of benzene rings is 1. The Morgan fingerprint density at radius 1 is 1.22 bits per heavy atom. The number of halogens is 1. The summed E-state index contributed by atoms with van der Waals surface area (Å²) in [6.45, 7) is 1.98. The highest BCUT2D eigenvalue weighted by Crippen LogP contribution is 2.14. The first-order valence-corrected chi connectivity index (χ1v) is 8.02. The fourth-order valence-electron chi connectivity index (χ4n) is 2.74. The Labute approximate surface area is 134 Å². The third kappa shape index (κ3) is 4.31. The number of imidazole rings is 1. The maximum absolute atomic E-state index is 12.8. The molecule has 0 saturated carbocycles. The van der Waals surface area contributed by atoms with Crippen LogP contribution in [0.5, 0.6) is 0 Å². The molecule has 0 spiro atoms. The number of rotatable bonds is 5. The lowest BCUT2D eigenvalue weighted by molar-refractivity contribution is 0.240. The molecule has 6 heteroatoms. The van der Waals surface area contributed by atoms with E-state index in [-0.39, 0.29) is 11.8 Å². The third-order valence-corrected chi connectivity index (χ3v) is 3.99. The molecular weight excluding hydrogens is 295 g/mol. The molecule has 2 amide bonds. The van der Waals surface area contributed by atoms with Gasteiger partial charge in [0.25, 0.3) is 0 Å². The van der Waals surface area contributed by atoms with Crippen LogP contribution in [0.1, 0.15) is 29.9 Å². The molecule has 0 aliphatic carbocycles. The predicted molar refractivity (Wildman–Crippen MR) is 85.5 cm³/mol. The first-order valence-electron chi connectivity index (χ1n) is 8.02. The Bertz CT molecular complexity index is 642. The summed E-state index contributed by atoms with van der Waals surface area (Å²) in [7, 11) is 0. The summed E-state index contributed by atoms with van der Waals surface area (Å²) in [5.41, 5.74) is 1.89. The van der Waals surface area contributed by atoms with Crippen LogP contribution >= 0.6 is 0 Å². The highest BCUT2D eigenvalue weighted by Gasteiger charge is 2.12. The number of nitrogens with zero attached hydrogens (tertiary/aromatic N) is 2. The van der Waals surface area contributed by atoms with Gasteiger partial charge in [-0.3, -0.25) is 0 Å². The molecule has 3 rings (SSSR count). The topological polar surface area (TPSA) is 59.0 Å². The lowest BCUT2D eigenvalue weighted by atomic mass is 10.2. The predicted octanol–water partition coefficient (Wildman–Crippen LogP) is 2.40. The summed E-state index contributed by atoms with van der Waals surface area (Å²) in [5.74, 6) is 0.882. The second-order valence-electron chi connectivity index (χ2n) is 5.78. The molecule has 0 unspecified atom stereocenters. The first kappa shape index (κ1) is 15.5. The van der Waals surface area contributed by atoms with Crippen LogP contribution in [-0.2, 0) is 25.9 Å². The smallest absolute Gasteiger partial charge is 0.315 e. The molecule has 122 valence electrons. The van der Waals surface area contributed by atoms with Gasteiger partial charge in [0, 0.05) is 38.7 Å². The van der Waals surface area contributed by atoms with Crippen LogP contribution in [0.3, 0.4) is 0 Å². The summed E-state index contributed by atoms with van der Waals surface area (Å²) in [5, 5.41) is 5.58. The standard InChI is InChI=1S/C17H21FN4O/c18-14-6-4-13(5-7-14)11-20-17(23)19-9-8-15-12-22-10-2-1-3-16(22)21-15/h4-7,12H,1-3,8-11H2,(H2,19,20,23). The maximum atomic E-state index is 12.8. The van der Waals surface area contributed by atoms with Crippen LogP contribution in [0, 0.1) is 5.82 Å². The van der Waals surface area contributed by atoms with Gasteiger partial charge in [0.2, 0.25) is 0 Å². The molecule has 0 atom stereocenters. The van der Waals surface area contributed by atoms with Crippen molar-refractivity contribution in [2.75, 3.05) is 6.54 Å². The van der Waals surface area contributed by atoms with Crippen molar-refractivity contribution in [1.29, 1.82) is 0 Å². The number of aryl methyl sites for hydroxylation is 2. The van der Waals surface area contributed by atoms with E-state index in [1.165, 1.54) is 25.0 Å². The zero-order chi connectivity index (χ0) is 16.1. The van der Waals surface area contributed by atoms with E-state index in [0.717, 1.165) is 36.5 Å². The van der Waals surface area contributed by atoms with Crippen LogP contribution in [0.25, 0.3) is 0 Å². The van der Waals surface area contributed by atoms with Crippen LogP contribution in [0.15, 0.2) is 30.5 Å². The van der Waals surface area contributed by atoms with Gasteiger partial charge in [0.1, 0.15) is 11.6 Å². The van der Waals surface area contributed by atoms with Crippen molar-refractivity contribution in [2.24, 2.45) is 0 Å². The third-order valence-electron chi connectivity index (χ3n) is 3.99. The first-order chi connectivity index (χ1) is 11.2. The van der Waals surface area contributed by atoms with Crippen LogP contribution in [0.4, 0.5) is 9.18 Å². The Hall–Kier alpha value is -2.37. The van der Waals surface area contributed by atoms with Gasteiger partial charge in [-0.05, 0) is 30.5 Å². The molecule has 23 heavy (non-hydrogen) atoms. The van der Waals surface area contributed by atoms with Crippen molar-refractivity contribution in [3.8, 4) is 0 Å². The van der Waals surface area contributed by atoms with Gasteiger partial charge in [0.15, 0.2) is 0 Å². The fourth-order valence-corrected chi connectivity index (χ4v) is 2.74. The molecule has 5 nitrogen and oxygen atoms in total. The summed E-state index contributed by atoms with van der Waals surface area (Å²) in [4.78, 5) is 16.4. The quantitative estimate of drug-likeness (QED) is 0.890. The number of carbonyl (C=O) groups excluding carboxylic acids is 1. The normalized spacial score (nSPS) is 13.4. The Kier molecular flexibility index (Phi) is 4.90. The van der Waals surface area contributed by atoms with E-state index < -0.39 is 0 Å². The summed E-state index contributed by atoms with van der Waals surface area (Å²) in [6.07, 6.45) is 6.29. The van der Waals surface area contributed by atoms with Gasteiger partial charge < -0.3 is 15.2 Å². The number of aromatic nitrogens is 2. The van der Waals surface area contributed by atoms with E-state index in [4.69, 9.17) is 0 Å². The summed E-state index contributed by atoms with van der Waals surface area (Å²) >= 11 is 0. The minimum Gasteiger partial charge on any atom is -0.338 e. The zero-order valence-electron chi connectivity index (χ0n) is 13.0. The molecule has 0 radical (unpaired) electrons. The van der Waals surface area contributed by atoms with Crippen molar-refractivity contribution >= 4 is 6.03 Å². The van der Waals surface area contributed by atoms with E-state index in [9.17, 15) is 9.18 Å². The molecule has 1 aliphatic rings. The summed E-state index contributed by atoms with van der Waals surface area (Å²) in [6, 6.07) is 5.86. The lowest BCUT2D eigenvalue weighted by Gasteiger charge is -2.11. The number of fused-ring (bicyclic) bond motifs is 1. The molecule has 2 aromatic rings. The van der Waals surface area contributed by atoms with Crippen molar-refractivity contribution in [2.45, 2.75) is 38.8 Å². The van der Waals surface area contributed by atoms with Gasteiger partial charge in [-0.15, -0.1) is 0 Å². The number of urea groups is 1.